The molecule has 0 saturated carbocycles. The summed E-state index contributed by atoms with van der Waals surface area (Å²) in [6.07, 6.45) is -3.30. The van der Waals surface area contributed by atoms with Crippen molar-refractivity contribution in [1.82, 2.24) is 0 Å². The molecule has 11 heavy (non-hydrogen) atoms. The van der Waals surface area contributed by atoms with Crippen LogP contribution < -0.4 is 0 Å². The standard InChI is InChI=1S/C4H8O7/c5-1-2(10-8)3(11-9)4(6)7/h2-3,5,8-9H,1H2,(H,6,7). The van der Waals surface area contributed by atoms with Gasteiger partial charge in [0.2, 0.25) is 6.10 Å². The van der Waals surface area contributed by atoms with Gasteiger partial charge in [0.1, 0.15) is 0 Å². The number of rotatable bonds is 5. The van der Waals surface area contributed by atoms with Crippen LogP contribution in [0.2, 0.25) is 0 Å². The van der Waals surface area contributed by atoms with E-state index in [0.29, 0.717) is 0 Å². The molecule has 4 N–H and O–H groups in total. The van der Waals surface area contributed by atoms with Crippen LogP contribution in [0.5, 0.6) is 0 Å². The van der Waals surface area contributed by atoms with E-state index in [9.17, 15) is 4.79 Å². The molecule has 0 amide bonds. The topological polar surface area (TPSA) is 116 Å². The summed E-state index contributed by atoms with van der Waals surface area (Å²) in [5.41, 5.74) is 0. The molecule has 2 atom stereocenters. The first-order chi connectivity index (χ1) is 5.17. The first kappa shape index (κ1) is 10.3. The van der Waals surface area contributed by atoms with Crippen LogP contribution >= 0.6 is 0 Å². The zero-order chi connectivity index (χ0) is 8.85. The van der Waals surface area contributed by atoms with Crippen LogP contribution in [0.25, 0.3) is 0 Å². The minimum absolute atomic E-state index is 0.784. The summed E-state index contributed by atoms with van der Waals surface area (Å²) in [6, 6.07) is 0. The Morgan fingerprint density at radius 3 is 2.00 bits per heavy atom. The van der Waals surface area contributed by atoms with Crippen molar-refractivity contribution in [2.75, 3.05) is 6.61 Å². The van der Waals surface area contributed by atoms with Crippen molar-refractivity contribution in [1.29, 1.82) is 0 Å². The highest BCUT2D eigenvalue weighted by Crippen LogP contribution is 2.01. The third kappa shape index (κ3) is 2.78. The second-order valence-corrected chi connectivity index (χ2v) is 1.69. The van der Waals surface area contributed by atoms with Gasteiger partial charge < -0.3 is 10.2 Å². The summed E-state index contributed by atoms with van der Waals surface area (Å²) in [7, 11) is 0. The van der Waals surface area contributed by atoms with Crippen molar-refractivity contribution in [2.45, 2.75) is 12.2 Å². The summed E-state index contributed by atoms with van der Waals surface area (Å²) in [6.45, 7) is -0.784. The number of carbonyl (C=O) groups is 1. The molecule has 0 aromatic carbocycles. The van der Waals surface area contributed by atoms with Gasteiger partial charge in [-0.3, -0.25) is 10.5 Å². The van der Waals surface area contributed by atoms with E-state index in [-0.39, 0.29) is 0 Å². The van der Waals surface area contributed by atoms with Gasteiger partial charge in [0, 0.05) is 0 Å². The number of hydrogen-bond acceptors (Lipinski definition) is 6. The van der Waals surface area contributed by atoms with Crippen LogP contribution in [0, 0.1) is 0 Å². The molecule has 0 radical (unpaired) electrons. The molecule has 0 fully saturated rings. The van der Waals surface area contributed by atoms with E-state index in [2.05, 4.69) is 9.78 Å². The molecule has 0 aliphatic rings. The van der Waals surface area contributed by atoms with Gasteiger partial charge >= 0.3 is 5.97 Å². The number of carboxylic acid groups (broad SMARTS) is 1. The van der Waals surface area contributed by atoms with Gasteiger partial charge in [-0.1, -0.05) is 0 Å². The van der Waals surface area contributed by atoms with E-state index in [1.165, 1.54) is 0 Å². The highest BCUT2D eigenvalue weighted by molar-refractivity contribution is 5.72. The monoisotopic (exact) mass is 168 g/mol. The Morgan fingerprint density at radius 2 is 1.91 bits per heavy atom. The predicted octanol–water partition coefficient (Wildman–Crippen LogP) is -1.22. The average molecular weight is 168 g/mol. The Morgan fingerprint density at radius 1 is 1.36 bits per heavy atom. The van der Waals surface area contributed by atoms with E-state index in [1.807, 2.05) is 0 Å². The van der Waals surface area contributed by atoms with Crippen LogP contribution in [0.15, 0.2) is 0 Å². The third-order valence-electron chi connectivity index (χ3n) is 1.01. The lowest BCUT2D eigenvalue weighted by Gasteiger charge is -2.14. The number of aliphatic hydroxyl groups is 1. The van der Waals surface area contributed by atoms with Crippen LogP contribution in [0.4, 0.5) is 0 Å². The van der Waals surface area contributed by atoms with Crippen molar-refractivity contribution >= 4 is 5.97 Å². The van der Waals surface area contributed by atoms with E-state index >= 15 is 0 Å². The van der Waals surface area contributed by atoms with Crippen LogP contribution in [-0.2, 0) is 14.6 Å². The van der Waals surface area contributed by atoms with E-state index in [4.69, 9.17) is 20.7 Å². The summed E-state index contributed by atoms with van der Waals surface area (Å²) in [5, 5.41) is 32.5. The van der Waals surface area contributed by atoms with Gasteiger partial charge in [-0.15, -0.1) is 0 Å². The minimum Gasteiger partial charge on any atom is -0.479 e. The number of carboxylic acids is 1. The lowest BCUT2D eigenvalue weighted by atomic mass is 10.2. The van der Waals surface area contributed by atoms with E-state index in [1.54, 1.807) is 0 Å². The van der Waals surface area contributed by atoms with Crippen molar-refractivity contribution in [2.24, 2.45) is 0 Å². The van der Waals surface area contributed by atoms with Crippen molar-refractivity contribution in [3.05, 3.63) is 0 Å². The van der Waals surface area contributed by atoms with Crippen molar-refractivity contribution < 1.29 is 35.3 Å². The smallest absolute Gasteiger partial charge is 0.339 e. The summed E-state index contributed by atoms with van der Waals surface area (Å²) in [5.74, 6) is -1.56. The molecule has 0 heterocycles. The largest absolute Gasteiger partial charge is 0.479 e. The minimum atomic E-state index is -1.80. The Kier molecular flexibility index (Phi) is 4.66. The fraction of sp³-hybridized carbons (Fsp3) is 0.750. The molecule has 0 saturated heterocycles. The Balaban J connectivity index is 4.09. The quantitative estimate of drug-likeness (QED) is 0.300. The van der Waals surface area contributed by atoms with Gasteiger partial charge in [-0.2, -0.15) is 0 Å². The molecule has 7 nitrogen and oxygen atoms in total. The molecule has 0 bridgehead atoms. The van der Waals surface area contributed by atoms with Gasteiger partial charge in [-0.05, 0) is 0 Å². The Hall–Kier alpha value is -0.730. The normalized spacial score (nSPS) is 15.9. The fourth-order valence-corrected chi connectivity index (χ4v) is 0.456. The van der Waals surface area contributed by atoms with Gasteiger partial charge in [-0.25, -0.2) is 14.6 Å². The zero-order valence-corrected chi connectivity index (χ0v) is 5.38. The predicted molar refractivity (Wildman–Crippen MR) is 29.7 cm³/mol. The molecule has 0 aromatic rings. The maximum Gasteiger partial charge on any atom is 0.339 e. The van der Waals surface area contributed by atoms with E-state index < -0.39 is 24.8 Å². The van der Waals surface area contributed by atoms with Crippen molar-refractivity contribution in [3.63, 3.8) is 0 Å². The Labute approximate surface area is 61.3 Å². The highest BCUT2D eigenvalue weighted by atomic mass is 17.1. The number of hydrogen-bond donors (Lipinski definition) is 4. The average Bonchev–Trinajstić information content (AvgIpc) is 1.99. The van der Waals surface area contributed by atoms with Gasteiger partial charge in [0.25, 0.3) is 0 Å². The van der Waals surface area contributed by atoms with Crippen LogP contribution in [0.1, 0.15) is 0 Å². The number of aliphatic carboxylic acids is 1. The maximum absolute atomic E-state index is 10.1. The number of aliphatic hydroxyl groups excluding tert-OH is 1. The summed E-state index contributed by atoms with van der Waals surface area (Å²) < 4.78 is 0. The molecule has 0 aliphatic heterocycles. The SMILES string of the molecule is O=C(O)C(OO)C(CO)OO. The molecule has 7 heteroatoms. The first-order valence-corrected chi connectivity index (χ1v) is 2.61. The molecule has 0 aromatic heterocycles. The fourth-order valence-electron chi connectivity index (χ4n) is 0.456. The van der Waals surface area contributed by atoms with Crippen LogP contribution in [-0.4, -0.2) is 45.5 Å². The molecule has 0 rings (SSSR count). The molecular weight excluding hydrogens is 160 g/mol. The second kappa shape index (κ2) is 4.99. The van der Waals surface area contributed by atoms with Crippen molar-refractivity contribution in [3.8, 4) is 0 Å². The molecule has 2 unspecified atom stereocenters. The molecular formula is C4H8O7. The molecule has 66 valence electrons. The van der Waals surface area contributed by atoms with Gasteiger partial charge in [0.15, 0.2) is 6.10 Å². The molecule has 0 spiro atoms. The highest BCUT2D eigenvalue weighted by Gasteiger charge is 2.30. The summed E-state index contributed by atoms with van der Waals surface area (Å²) in [4.78, 5) is 17.0. The second-order valence-electron chi connectivity index (χ2n) is 1.69. The van der Waals surface area contributed by atoms with E-state index in [0.717, 1.165) is 0 Å². The third-order valence-corrected chi connectivity index (χ3v) is 1.01. The Bertz CT molecular complexity index is 120. The lowest BCUT2D eigenvalue weighted by Crippen LogP contribution is -2.39. The zero-order valence-electron chi connectivity index (χ0n) is 5.38. The summed E-state index contributed by atoms with van der Waals surface area (Å²) >= 11 is 0. The van der Waals surface area contributed by atoms with Crippen LogP contribution in [0.3, 0.4) is 0 Å². The lowest BCUT2D eigenvalue weighted by molar-refractivity contribution is -0.352. The maximum atomic E-state index is 10.1. The molecule has 0 aliphatic carbocycles. The van der Waals surface area contributed by atoms with Gasteiger partial charge in [0.05, 0.1) is 6.61 Å². The first-order valence-electron chi connectivity index (χ1n) is 2.61.